The van der Waals surface area contributed by atoms with E-state index in [9.17, 15) is 13.6 Å². The minimum Gasteiger partial charge on any atom is -0.493 e. The molecule has 29 heavy (non-hydrogen) atoms. The van der Waals surface area contributed by atoms with Gasteiger partial charge in [0.2, 0.25) is 0 Å². The molecule has 4 rings (SSSR count). The Morgan fingerprint density at radius 1 is 1.17 bits per heavy atom. The number of amides is 1. The Morgan fingerprint density at radius 2 is 1.93 bits per heavy atom. The third-order valence-electron chi connectivity index (χ3n) is 5.07. The van der Waals surface area contributed by atoms with Gasteiger partial charge in [-0.25, -0.2) is 4.98 Å². The SMILES string of the molecule is COc1cc(C(=O)N2CCC(c3nc4ccccc4o3)CC2)ccc1OC(F)F. The third-order valence-corrected chi connectivity index (χ3v) is 5.07. The van der Waals surface area contributed by atoms with E-state index in [1.807, 2.05) is 24.3 Å². The number of halogens is 2. The minimum atomic E-state index is -2.96. The van der Waals surface area contributed by atoms with Crippen LogP contribution in [-0.4, -0.2) is 42.6 Å². The van der Waals surface area contributed by atoms with Gasteiger partial charge in [0.1, 0.15) is 5.52 Å². The van der Waals surface area contributed by atoms with Gasteiger partial charge >= 0.3 is 6.61 Å². The van der Waals surface area contributed by atoms with Gasteiger partial charge in [-0.15, -0.1) is 0 Å². The van der Waals surface area contributed by atoms with Crippen LogP contribution in [0.4, 0.5) is 8.78 Å². The van der Waals surface area contributed by atoms with E-state index in [0.29, 0.717) is 24.5 Å². The van der Waals surface area contributed by atoms with E-state index in [-0.39, 0.29) is 23.3 Å². The molecule has 2 aromatic carbocycles. The summed E-state index contributed by atoms with van der Waals surface area (Å²) in [5, 5.41) is 0. The number of oxazole rings is 1. The normalized spacial score (nSPS) is 15.1. The monoisotopic (exact) mass is 402 g/mol. The quantitative estimate of drug-likeness (QED) is 0.631. The summed E-state index contributed by atoms with van der Waals surface area (Å²) >= 11 is 0. The van der Waals surface area contributed by atoms with Crippen molar-refractivity contribution in [2.45, 2.75) is 25.4 Å². The predicted octanol–water partition coefficient (Wildman–Crippen LogP) is 4.46. The molecule has 0 atom stereocenters. The third kappa shape index (κ3) is 4.01. The molecule has 0 aliphatic carbocycles. The van der Waals surface area contributed by atoms with E-state index in [1.165, 1.54) is 25.3 Å². The van der Waals surface area contributed by atoms with E-state index in [4.69, 9.17) is 9.15 Å². The van der Waals surface area contributed by atoms with E-state index < -0.39 is 6.61 Å². The number of methoxy groups -OCH3 is 1. The first-order valence-corrected chi connectivity index (χ1v) is 9.32. The summed E-state index contributed by atoms with van der Waals surface area (Å²) in [6.07, 6.45) is 1.48. The highest BCUT2D eigenvalue weighted by Crippen LogP contribution is 2.32. The van der Waals surface area contributed by atoms with Gasteiger partial charge in [-0.2, -0.15) is 8.78 Å². The number of alkyl halides is 2. The van der Waals surface area contributed by atoms with Crippen LogP contribution in [0.3, 0.4) is 0 Å². The van der Waals surface area contributed by atoms with Gasteiger partial charge in [-0.3, -0.25) is 4.79 Å². The van der Waals surface area contributed by atoms with Crippen molar-refractivity contribution in [3.05, 3.63) is 53.9 Å². The molecule has 0 radical (unpaired) electrons. The Bertz CT molecular complexity index is 980. The van der Waals surface area contributed by atoms with Gasteiger partial charge in [0, 0.05) is 24.6 Å². The molecule has 1 aliphatic heterocycles. The van der Waals surface area contributed by atoms with E-state index in [2.05, 4.69) is 9.72 Å². The largest absolute Gasteiger partial charge is 0.493 e. The van der Waals surface area contributed by atoms with Crippen molar-refractivity contribution in [1.29, 1.82) is 0 Å². The predicted molar refractivity (Wildman–Crippen MR) is 102 cm³/mol. The van der Waals surface area contributed by atoms with Crippen molar-refractivity contribution in [1.82, 2.24) is 9.88 Å². The average molecular weight is 402 g/mol. The van der Waals surface area contributed by atoms with Crippen LogP contribution in [0, 0.1) is 0 Å². The Kier molecular flexibility index (Phi) is 5.33. The number of hydrogen-bond acceptors (Lipinski definition) is 5. The number of para-hydroxylation sites is 2. The number of fused-ring (bicyclic) bond motifs is 1. The maximum absolute atomic E-state index is 12.8. The van der Waals surface area contributed by atoms with Gasteiger partial charge in [-0.05, 0) is 43.2 Å². The first kappa shape index (κ1) is 19.2. The molecule has 0 saturated carbocycles. The molecule has 0 bridgehead atoms. The lowest BCUT2D eigenvalue weighted by Gasteiger charge is -2.30. The number of aromatic nitrogens is 1. The Balaban J connectivity index is 1.43. The smallest absolute Gasteiger partial charge is 0.387 e. The number of piperidine rings is 1. The van der Waals surface area contributed by atoms with Crippen molar-refractivity contribution >= 4 is 17.0 Å². The van der Waals surface area contributed by atoms with Crippen LogP contribution in [0.5, 0.6) is 11.5 Å². The molecule has 1 amide bonds. The Labute approximate surface area is 166 Å². The highest BCUT2D eigenvalue weighted by Gasteiger charge is 2.28. The summed E-state index contributed by atoms with van der Waals surface area (Å²) in [7, 11) is 1.34. The summed E-state index contributed by atoms with van der Waals surface area (Å²) in [5.41, 5.74) is 1.96. The molecule has 6 nitrogen and oxygen atoms in total. The molecule has 1 aromatic heterocycles. The van der Waals surface area contributed by atoms with Gasteiger partial charge in [-0.1, -0.05) is 12.1 Å². The van der Waals surface area contributed by atoms with E-state index in [0.717, 1.165) is 23.9 Å². The number of nitrogens with zero attached hydrogens (tertiary/aromatic N) is 2. The van der Waals surface area contributed by atoms with Crippen LogP contribution in [0.25, 0.3) is 11.1 Å². The van der Waals surface area contributed by atoms with Crippen molar-refractivity contribution in [2.75, 3.05) is 20.2 Å². The van der Waals surface area contributed by atoms with Crippen molar-refractivity contribution in [2.24, 2.45) is 0 Å². The molecular formula is C21H20F2N2O4. The zero-order valence-corrected chi connectivity index (χ0v) is 15.8. The molecule has 1 fully saturated rings. The lowest BCUT2D eigenvalue weighted by Crippen LogP contribution is -2.38. The lowest BCUT2D eigenvalue weighted by atomic mass is 9.96. The van der Waals surface area contributed by atoms with Crippen LogP contribution in [0.2, 0.25) is 0 Å². The molecule has 0 spiro atoms. The summed E-state index contributed by atoms with van der Waals surface area (Å²) in [6.45, 7) is -1.85. The number of likely N-dealkylation sites (tertiary alicyclic amines) is 1. The van der Waals surface area contributed by atoms with Gasteiger partial charge in [0.15, 0.2) is 23.0 Å². The summed E-state index contributed by atoms with van der Waals surface area (Å²) < 4.78 is 40.3. The summed E-state index contributed by atoms with van der Waals surface area (Å²) in [5.74, 6) is 0.672. The number of carbonyl (C=O) groups excluding carboxylic acids is 1. The maximum atomic E-state index is 12.8. The number of hydrogen-bond donors (Lipinski definition) is 0. The van der Waals surface area contributed by atoms with Crippen LogP contribution in [0.1, 0.15) is 35.0 Å². The molecule has 3 aromatic rings. The molecule has 152 valence electrons. The maximum Gasteiger partial charge on any atom is 0.387 e. The van der Waals surface area contributed by atoms with Crippen LogP contribution in [0.15, 0.2) is 46.9 Å². The lowest BCUT2D eigenvalue weighted by molar-refractivity contribution is -0.0512. The molecule has 8 heteroatoms. The minimum absolute atomic E-state index is 0.0949. The highest BCUT2D eigenvalue weighted by atomic mass is 19.3. The van der Waals surface area contributed by atoms with Crippen molar-refractivity contribution in [3.63, 3.8) is 0 Å². The number of benzene rings is 2. The van der Waals surface area contributed by atoms with E-state index >= 15 is 0 Å². The van der Waals surface area contributed by atoms with Crippen LogP contribution >= 0.6 is 0 Å². The first-order chi connectivity index (χ1) is 14.0. The summed E-state index contributed by atoms with van der Waals surface area (Å²) in [4.78, 5) is 19.1. The fourth-order valence-corrected chi connectivity index (χ4v) is 3.57. The fraction of sp³-hybridized carbons (Fsp3) is 0.333. The molecule has 0 N–H and O–H groups in total. The van der Waals surface area contributed by atoms with E-state index in [1.54, 1.807) is 4.90 Å². The van der Waals surface area contributed by atoms with Crippen LogP contribution < -0.4 is 9.47 Å². The van der Waals surface area contributed by atoms with Crippen LogP contribution in [-0.2, 0) is 0 Å². The molecule has 0 unspecified atom stereocenters. The Hall–Kier alpha value is -3.16. The fourth-order valence-electron chi connectivity index (χ4n) is 3.57. The molecule has 1 aliphatic rings. The second-order valence-corrected chi connectivity index (χ2v) is 6.83. The highest BCUT2D eigenvalue weighted by molar-refractivity contribution is 5.95. The Morgan fingerprint density at radius 3 is 2.62 bits per heavy atom. The number of rotatable bonds is 5. The summed E-state index contributed by atoms with van der Waals surface area (Å²) in [6, 6.07) is 11.8. The number of ether oxygens (including phenoxy) is 2. The molecule has 2 heterocycles. The first-order valence-electron chi connectivity index (χ1n) is 9.32. The van der Waals surface area contributed by atoms with Crippen molar-refractivity contribution in [3.8, 4) is 11.5 Å². The average Bonchev–Trinajstić information content (AvgIpc) is 3.17. The zero-order chi connectivity index (χ0) is 20.4. The van der Waals surface area contributed by atoms with Crippen molar-refractivity contribution < 1.29 is 27.5 Å². The zero-order valence-electron chi connectivity index (χ0n) is 15.8. The second-order valence-electron chi connectivity index (χ2n) is 6.83. The standard InChI is InChI=1S/C21H20F2N2O4/c1-27-18-12-14(6-7-17(18)29-21(22)23)20(26)25-10-8-13(9-11-25)19-24-15-4-2-3-5-16(15)28-19/h2-7,12-13,21H,8-11H2,1H3. The molecule has 1 saturated heterocycles. The molecular weight excluding hydrogens is 382 g/mol. The van der Waals surface area contributed by atoms with Gasteiger partial charge in [0.05, 0.1) is 7.11 Å². The second kappa shape index (κ2) is 8.06. The number of carbonyl (C=O) groups is 1. The topological polar surface area (TPSA) is 64.8 Å². The van der Waals surface area contributed by atoms with Gasteiger partial charge in [0.25, 0.3) is 5.91 Å². The van der Waals surface area contributed by atoms with Gasteiger partial charge < -0.3 is 18.8 Å².